The predicted molar refractivity (Wildman–Crippen MR) is 120 cm³/mol. The van der Waals surface area contributed by atoms with Gasteiger partial charge in [0.25, 0.3) is 0 Å². The number of urea groups is 1. The van der Waals surface area contributed by atoms with Crippen LogP contribution in [0.15, 0.2) is 60.8 Å². The Bertz CT molecular complexity index is 1020. The molecule has 2 amide bonds. The number of nitrogens with one attached hydrogen (secondary N) is 1. The molecule has 158 valence electrons. The first-order chi connectivity index (χ1) is 14.3. The van der Waals surface area contributed by atoms with E-state index in [1.54, 1.807) is 17.0 Å². The van der Waals surface area contributed by atoms with Gasteiger partial charge in [0.1, 0.15) is 5.82 Å². The van der Waals surface area contributed by atoms with Crippen molar-refractivity contribution in [2.45, 2.75) is 33.9 Å². The van der Waals surface area contributed by atoms with Crippen LogP contribution in [0.25, 0.3) is 0 Å². The molecule has 0 aliphatic carbocycles. The topological polar surface area (TPSA) is 37.3 Å². The van der Waals surface area contributed by atoms with E-state index in [-0.39, 0.29) is 11.8 Å². The summed E-state index contributed by atoms with van der Waals surface area (Å²) in [6, 6.07) is 15.8. The highest BCUT2D eigenvalue weighted by molar-refractivity contribution is 6.31. The van der Waals surface area contributed by atoms with E-state index in [4.69, 9.17) is 11.6 Å². The van der Waals surface area contributed by atoms with E-state index in [1.807, 2.05) is 48.0 Å². The van der Waals surface area contributed by atoms with Crippen molar-refractivity contribution in [3.63, 3.8) is 0 Å². The molecule has 6 heteroatoms. The van der Waals surface area contributed by atoms with E-state index in [0.29, 0.717) is 36.3 Å². The fourth-order valence-corrected chi connectivity index (χ4v) is 3.49. The van der Waals surface area contributed by atoms with Gasteiger partial charge < -0.3 is 14.8 Å². The van der Waals surface area contributed by atoms with Crippen molar-refractivity contribution in [3.05, 3.63) is 88.5 Å². The van der Waals surface area contributed by atoms with Gasteiger partial charge in [-0.1, -0.05) is 43.6 Å². The average Bonchev–Trinajstić information content (AvgIpc) is 3.10. The van der Waals surface area contributed by atoms with Gasteiger partial charge in [-0.3, -0.25) is 0 Å². The molecular weight excluding hydrogens is 401 g/mol. The minimum Gasteiger partial charge on any atom is -0.345 e. The van der Waals surface area contributed by atoms with Gasteiger partial charge in [-0.25, -0.2) is 9.18 Å². The van der Waals surface area contributed by atoms with Crippen molar-refractivity contribution in [2.24, 2.45) is 5.92 Å². The summed E-state index contributed by atoms with van der Waals surface area (Å²) in [5.41, 5.74) is 3.49. The van der Waals surface area contributed by atoms with E-state index >= 15 is 0 Å². The molecule has 0 aliphatic rings. The summed E-state index contributed by atoms with van der Waals surface area (Å²) in [5.74, 6) is 0.0581. The van der Waals surface area contributed by atoms with E-state index in [0.717, 1.165) is 16.8 Å². The molecule has 3 aromatic rings. The van der Waals surface area contributed by atoms with Gasteiger partial charge in [0.05, 0.1) is 6.54 Å². The number of nitrogens with zero attached hydrogens (tertiary/aromatic N) is 2. The molecule has 0 spiro atoms. The van der Waals surface area contributed by atoms with Crippen molar-refractivity contribution in [1.29, 1.82) is 0 Å². The van der Waals surface area contributed by atoms with Crippen LogP contribution in [0.1, 0.15) is 30.7 Å². The number of amides is 2. The normalized spacial score (nSPS) is 11.0. The van der Waals surface area contributed by atoms with Crippen molar-refractivity contribution in [2.75, 3.05) is 11.9 Å². The number of hydrogen-bond acceptors (Lipinski definition) is 1. The Balaban J connectivity index is 1.75. The van der Waals surface area contributed by atoms with Crippen molar-refractivity contribution in [1.82, 2.24) is 9.47 Å². The molecule has 1 heterocycles. The lowest BCUT2D eigenvalue weighted by Gasteiger charge is -2.26. The minimum absolute atomic E-state index is 0.179. The zero-order valence-electron chi connectivity index (χ0n) is 17.5. The van der Waals surface area contributed by atoms with E-state index in [1.165, 1.54) is 12.1 Å². The first kappa shape index (κ1) is 21.9. The zero-order chi connectivity index (χ0) is 21.7. The van der Waals surface area contributed by atoms with Gasteiger partial charge in [-0.2, -0.15) is 0 Å². The van der Waals surface area contributed by atoms with Crippen molar-refractivity contribution >= 4 is 23.3 Å². The number of hydrogen-bond donors (Lipinski definition) is 1. The van der Waals surface area contributed by atoms with Gasteiger partial charge in [0, 0.05) is 35.7 Å². The van der Waals surface area contributed by atoms with Crippen LogP contribution in [-0.4, -0.2) is 22.0 Å². The fraction of sp³-hybridized carbons (Fsp3) is 0.292. The Hall–Kier alpha value is -2.79. The molecule has 1 aromatic heterocycles. The highest BCUT2D eigenvalue weighted by Crippen LogP contribution is 2.21. The molecule has 1 N–H and O–H groups in total. The number of carbonyl (C=O) groups is 1. The number of benzene rings is 2. The van der Waals surface area contributed by atoms with Gasteiger partial charge in [0.2, 0.25) is 0 Å². The first-order valence-electron chi connectivity index (χ1n) is 10.0. The molecule has 0 bridgehead atoms. The van der Waals surface area contributed by atoms with Crippen LogP contribution in [0.2, 0.25) is 5.02 Å². The molecule has 0 fully saturated rings. The second-order valence-corrected chi connectivity index (χ2v) is 8.33. The van der Waals surface area contributed by atoms with Crippen LogP contribution in [0.4, 0.5) is 14.9 Å². The standard InChI is InChI=1S/C24H27ClFN3O/c1-17(2)14-29(24(30)27-21-10-9-18(3)23(25)13-21)16-22-8-5-11-28(22)15-19-6-4-7-20(26)12-19/h4-13,17H,14-16H2,1-3H3,(H,27,30). The summed E-state index contributed by atoms with van der Waals surface area (Å²) >= 11 is 6.19. The molecule has 3 rings (SSSR count). The van der Waals surface area contributed by atoms with Gasteiger partial charge >= 0.3 is 6.03 Å². The minimum atomic E-state index is -0.251. The number of rotatable bonds is 7. The van der Waals surface area contributed by atoms with Crippen LogP contribution >= 0.6 is 11.6 Å². The van der Waals surface area contributed by atoms with Gasteiger partial charge in [0.15, 0.2) is 0 Å². The van der Waals surface area contributed by atoms with Crippen LogP contribution in [-0.2, 0) is 13.1 Å². The summed E-state index contributed by atoms with van der Waals surface area (Å²) in [6.07, 6.45) is 1.95. The predicted octanol–water partition coefficient (Wildman–Crippen LogP) is 6.33. The largest absolute Gasteiger partial charge is 0.345 e. The van der Waals surface area contributed by atoms with Crippen LogP contribution in [0, 0.1) is 18.7 Å². The third-order valence-electron chi connectivity index (χ3n) is 4.81. The monoisotopic (exact) mass is 427 g/mol. The molecule has 2 aromatic carbocycles. The van der Waals surface area contributed by atoms with Crippen LogP contribution < -0.4 is 5.32 Å². The second-order valence-electron chi connectivity index (χ2n) is 7.93. The lowest BCUT2D eigenvalue weighted by molar-refractivity contribution is 0.200. The van der Waals surface area contributed by atoms with Crippen molar-refractivity contribution in [3.8, 4) is 0 Å². The average molecular weight is 428 g/mol. The van der Waals surface area contributed by atoms with Crippen LogP contribution in [0.3, 0.4) is 0 Å². The van der Waals surface area contributed by atoms with Crippen LogP contribution in [0.5, 0.6) is 0 Å². The number of carbonyl (C=O) groups excluding carboxylic acids is 1. The third kappa shape index (κ3) is 5.86. The smallest absolute Gasteiger partial charge is 0.322 e. The summed E-state index contributed by atoms with van der Waals surface area (Å²) in [7, 11) is 0. The summed E-state index contributed by atoms with van der Waals surface area (Å²) in [5, 5.41) is 3.57. The summed E-state index contributed by atoms with van der Waals surface area (Å²) in [6.45, 7) is 7.68. The number of aromatic nitrogens is 1. The maximum absolute atomic E-state index is 13.5. The Morgan fingerprint density at radius 1 is 1.17 bits per heavy atom. The zero-order valence-corrected chi connectivity index (χ0v) is 18.3. The number of aryl methyl sites for hydroxylation is 1. The van der Waals surface area contributed by atoms with Crippen molar-refractivity contribution < 1.29 is 9.18 Å². The second kappa shape index (κ2) is 9.81. The molecule has 0 aliphatic heterocycles. The maximum atomic E-state index is 13.5. The summed E-state index contributed by atoms with van der Waals surface area (Å²) in [4.78, 5) is 14.8. The maximum Gasteiger partial charge on any atom is 0.322 e. The Kier molecular flexibility index (Phi) is 7.16. The highest BCUT2D eigenvalue weighted by atomic mass is 35.5. The van der Waals surface area contributed by atoms with E-state index in [2.05, 4.69) is 19.2 Å². The van der Waals surface area contributed by atoms with Gasteiger partial charge in [-0.05, 0) is 60.4 Å². The lowest BCUT2D eigenvalue weighted by atomic mass is 10.2. The fourth-order valence-electron chi connectivity index (χ4n) is 3.31. The molecule has 0 radical (unpaired) electrons. The molecule has 4 nitrogen and oxygen atoms in total. The Morgan fingerprint density at radius 3 is 2.67 bits per heavy atom. The van der Waals surface area contributed by atoms with E-state index in [9.17, 15) is 9.18 Å². The molecule has 0 atom stereocenters. The first-order valence-corrected chi connectivity index (χ1v) is 10.4. The SMILES string of the molecule is Cc1ccc(NC(=O)N(Cc2cccn2Cc2cccc(F)c2)CC(C)C)cc1Cl. The molecule has 30 heavy (non-hydrogen) atoms. The quantitative estimate of drug-likeness (QED) is 0.470. The highest BCUT2D eigenvalue weighted by Gasteiger charge is 2.18. The molecule has 0 unspecified atom stereocenters. The lowest BCUT2D eigenvalue weighted by Crippen LogP contribution is -2.37. The summed E-state index contributed by atoms with van der Waals surface area (Å²) < 4.78 is 15.6. The Morgan fingerprint density at radius 2 is 1.97 bits per heavy atom. The molecular formula is C24H27ClFN3O. The molecule has 0 saturated carbocycles. The third-order valence-corrected chi connectivity index (χ3v) is 5.22. The number of halogens is 2. The number of anilines is 1. The van der Waals surface area contributed by atoms with E-state index < -0.39 is 0 Å². The Labute approximate surface area is 182 Å². The molecule has 0 saturated heterocycles. The van der Waals surface area contributed by atoms with Gasteiger partial charge in [-0.15, -0.1) is 0 Å².